The van der Waals surface area contributed by atoms with Crippen molar-refractivity contribution in [1.29, 1.82) is 0 Å². The number of fused-ring (bicyclic) bond motifs is 2. The third kappa shape index (κ3) is 6.78. The number of hydrogen-bond acceptors (Lipinski definition) is 4. The Labute approximate surface area is 316 Å². The SMILES string of the molecule is O=S(=O)(O)c1cccc2c(-c3c(P(c4ccccc4)c4ccccc4)ccc4c(S(=O)(=O)O)cccc34)c(P(c3ccccc3)c3ccccc3)ccc12. The summed E-state index contributed by atoms with van der Waals surface area (Å²) in [6.45, 7) is 0. The molecule has 0 aliphatic rings. The topological polar surface area (TPSA) is 109 Å². The monoisotopic (exact) mass is 782 g/mol. The quantitative estimate of drug-likeness (QED) is 0.115. The normalized spacial score (nSPS) is 12.1. The predicted octanol–water partition coefficient (Wildman–Crippen LogP) is 7.67. The van der Waals surface area contributed by atoms with Gasteiger partial charge in [0.2, 0.25) is 0 Å². The van der Waals surface area contributed by atoms with Gasteiger partial charge in [-0.1, -0.05) is 170 Å². The van der Waals surface area contributed by atoms with Crippen LogP contribution in [0.15, 0.2) is 192 Å². The van der Waals surface area contributed by atoms with E-state index >= 15 is 0 Å². The molecule has 8 aromatic carbocycles. The van der Waals surface area contributed by atoms with Crippen LogP contribution in [-0.4, -0.2) is 25.9 Å². The summed E-state index contributed by atoms with van der Waals surface area (Å²) in [4.78, 5) is -0.462. The molecule has 266 valence electrons. The zero-order valence-electron chi connectivity index (χ0n) is 28.6. The van der Waals surface area contributed by atoms with Crippen LogP contribution < -0.4 is 31.8 Å². The minimum Gasteiger partial charge on any atom is -0.282 e. The first-order valence-electron chi connectivity index (χ1n) is 17.0. The van der Waals surface area contributed by atoms with Gasteiger partial charge in [0.1, 0.15) is 9.79 Å². The predicted molar refractivity (Wildman–Crippen MR) is 224 cm³/mol. The summed E-state index contributed by atoms with van der Waals surface area (Å²) in [5.41, 5.74) is 1.42. The highest BCUT2D eigenvalue weighted by molar-refractivity contribution is 7.86. The van der Waals surface area contributed by atoms with Crippen LogP contribution in [0.5, 0.6) is 0 Å². The molecular weight excluding hydrogens is 751 g/mol. The van der Waals surface area contributed by atoms with Gasteiger partial charge >= 0.3 is 0 Å². The highest BCUT2D eigenvalue weighted by Gasteiger charge is 2.30. The maximum absolute atomic E-state index is 12.9. The Morgan fingerprint density at radius 2 is 0.611 bits per heavy atom. The Hall–Kier alpha value is -5.04. The van der Waals surface area contributed by atoms with E-state index in [1.807, 2.05) is 97.1 Å². The Morgan fingerprint density at radius 1 is 0.315 bits per heavy atom. The van der Waals surface area contributed by atoms with E-state index in [0.29, 0.717) is 32.7 Å². The zero-order chi connectivity index (χ0) is 37.5. The Balaban J connectivity index is 1.62. The van der Waals surface area contributed by atoms with E-state index in [9.17, 15) is 25.9 Å². The molecule has 0 bridgehead atoms. The fourth-order valence-corrected chi connectivity index (χ4v) is 13.5. The van der Waals surface area contributed by atoms with E-state index in [1.54, 1.807) is 24.3 Å². The molecule has 0 fully saturated rings. The third-order valence-electron chi connectivity index (χ3n) is 9.34. The molecule has 6 nitrogen and oxygen atoms in total. The van der Waals surface area contributed by atoms with Gasteiger partial charge in [-0.2, -0.15) is 16.8 Å². The summed E-state index contributed by atoms with van der Waals surface area (Å²) in [7, 11) is -11.9. The molecule has 0 saturated heterocycles. The molecule has 10 heteroatoms. The lowest BCUT2D eigenvalue weighted by Gasteiger charge is -2.29. The fourth-order valence-electron chi connectivity index (χ4n) is 7.15. The minimum absolute atomic E-state index is 0.231. The van der Waals surface area contributed by atoms with Gasteiger partial charge in [0.25, 0.3) is 20.2 Å². The molecule has 0 aliphatic heterocycles. The lowest BCUT2D eigenvalue weighted by atomic mass is 9.93. The minimum atomic E-state index is -4.65. The van der Waals surface area contributed by atoms with Gasteiger partial charge in [0.05, 0.1) is 0 Å². The number of hydrogen-bond donors (Lipinski definition) is 2. The summed E-state index contributed by atoms with van der Waals surface area (Å²) in [5.74, 6) is 0. The fraction of sp³-hybridized carbons (Fsp3) is 0. The van der Waals surface area contributed by atoms with Crippen LogP contribution >= 0.6 is 15.8 Å². The second kappa shape index (κ2) is 14.7. The van der Waals surface area contributed by atoms with Crippen LogP contribution in [0.3, 0.4) is 0 Å². The van der Waals surface area contributed by atoms with Gasteiger partial charge < -0.3 is 0 Å². The van der Waals surface area contributed by atoms with Gasteiger partial charge in [0.15, 0.2) is 0 Å². The molecule has 0 unspecified atom stereocenters. The molecule has 8 aromatic rings. The second-order valence-electron chi connectivity index (χ2n) is 12.6. The summed E-state index contributed by atoms with van der Waals surface area (Å²) in [6, 6.07) is 57.7. The van der Waals surface area contributed by atoms with Crippen molar-refractivity contribution in [3.05, 3.63) is 182 Å². The molecule has 0 heterocycles. The van der Waals surface area contributed by atoms with Crippen molar-refractivity contribution < 1.29 is 25.9 Å². The van der Waals surface area contributed by atoms with E-state index < -0.39 is 36.1 Å². The third-order valence-corrected chi connectivity index (χ3v) is 16.1. The molecule has 0 spiro atoms. The van der Waals surface area contributed by atoms with Gasteiger partial charge in [-0.05, 0) is 81.7 Å². The smallest absolute Gasteiger partial charge is 0.282 e. The van der Waals surface area contributed by atoms with Crippen molar-refractivity contribution in [2.75, 3.05) is 0 Å². The van der Waals surface area contributed by atoms with E-state index in [2.05, 4.69) is 48.5 Å². The van der Waals surface area contributed by atoms with E-state index in [0.717, 1.165) is 31.8 Å². The van der Waals surface area contributed by atoms with Crippen LogP contribution in [0.2, 0.25) is 0 Å². The molecule has 0 atom stereocenters. The summed E-state index contributed by atoms with van der Waals surface area (Å²) < 4.78 is 72.8. The number of benzene rings is 8. The van der Waals surface area contributed by atoms with Crippen molar-refractivity contribution in [2.24, 2.45) is 0 Å². The van der Waals surface area contributed by atoms with Crippen molar-refractivity contribution in [3.63, 3.8) is 0 Å². The maximum Gasteiger partial charge on any atom is 0.295 e. The average Bonchev–Trinajstić information content (AvgIpc) is 3.18. The van der Waals surface area contributed by atoms with E-state index in [-0.39, 0.29) is 9.79 Å². The highest BCUT2D eigenvalue weighted by atomic mass is 32.2. The molecule has 8 rings (SSSR count). The van der Waals surface area contributed by atoms with Gasteiger partial charge in [-0.3, -0.25) is 9.11 Å². The van der Waals surface area contributed by atoms with Crippen molar-refractivity contribution in [1.82, 2.24) is 0 Å². The van der Waals surface area contributed by atoms with E-state index in [4.69, 9.17) is 0 Å². The first kappa shape index (κ1) is 36.0. The van der Waals surface area contributed by atoms with Crippen LogP contribution in [0.25, 0.3) is 32.7 Å². The first-order valence-corrected chi connectivity index (χ1v) is 22.5. The van der Waals surface area contributed by atoms with Crippen molar-refractivity contribution >= 4 is 89.5 Å². The second-order valence-corrected chi connectivity index (χ2v) is 19.7. The van der Waals surface area contributed by atoms with Crippen molar-refractivity contribution in [2.45, 2.75) is 9.79 Å². The standard InChI is InChI=1S/C44H32O6P2S2/c45-53(46,47)41-25-13-23-37-35(41)27-29-39(51(31-15-5-1-6-16-31)32-17-7-2-8-18-32)43(37)44-38-24-14-26-42(54(48,49)50)36(38)28-30-40(44)52(33-19-9-3-10-20-33)34-21-11-4-12-22-34/h1-30H,(H,45,46,47)(H,48,49,50). The molecule has 0 radical (unpaired) electrons. The Bertz CT molecular complexity index is 2590. The Morgan fingerprint density at radius 3 is 0.889 bits per heavy atom. The highest BCUT2D eigenvalue weighted by Crippen LogP contribution is 2.47. The van der Waals surface area contributed by atoms with Crippen LogP contribution in [0, 0.1) is 0 Å². The largest absolute Gasteiger partial charge is 0.295 e. The lowest BCUT2D eigenvalue weighted by Crippen LogP contribution is -2.26. The van der Waals surface area contributed by atoms with Crippen LogP contribution in [0.4, 0.5) is 0 Å². The number of rotatable bonds is 9. The average molecular weight is 783 g/mol. The molecule has 0 aliphatic carbocycles. The molecule has 0 aromatic heterocycles. The molecule has 0 saturated carbocycles. The summed E-state index contributed by atoms with van der Waals surface area (Å²) in [5, 5.41) is 7.83. The van der Waals surface area contributed by atoms with Crippen LogP contribution in [-0.2, 0) is 20.2 Å². The van der Waals surface area contributed by atoms with Crippen LogP contribution in [0.1, 0.15) is 0 Å². The molecule has 2 N–H and O–H groups in total. The summed E-state index contributed by atoms with van der Waals surface area (Å²) in [6.07, 6.45) is 0. The maximum atomic E-state index is 12.9. The first-order chi connectivity index (χ1) is 26.1. The Kier molecular flexibility index (Phi) is 9.76. The van der Waals surface area contributed by atoms with Gasteiger partial charge in [0, 0.05) is 10.8 Å². The molecule has 0 amide bonds. The van der Waals surface area contributed by atoms with E-state index in [1.165, 1.54) is 12.1 Å². The lowest BCUT2D eigenvalue weighted by molar-refractivity contribution is 0.482. The van der Waals surface area contributed by atoms with Gasteiger partial charge in [-0.15, -0.1) is 0 Å². The zero-order valence-corrected chi connectivity index (χ0v) is 32.0. The molecule has 54 heavy (non-hydrogen) atoms. The summed E-state index contributed by atoms with van der Waals surface area (Å²) >= 11 is 0. The van der Waals surface area contributed by atoms with Gasteiger partial charge in [-0.25, -0.2) is 0 Å². The van der Waals surface area contributed by atoms with Crippen molar-refractivity contribution in [3.8, 4) is 11.1 Å². The molecular formula is C44H32O6P2S2.